The molecular weight excluding hydrogens is 208 g/mol. The minimum absolute atomic E-state index is 0.0885. The Morgan fingerprint density at radius 2 is 1.69 bits per heavy atom. The van der Waals surface area contributed by atoms with E-state index in [9.17, 15) is 15.0 Å². The first kappa shape index (κ1) is 11.0. The lowest BCUT2D eigenvalue weighted by molar-refractivity contribution is -0.147. The molecule has 1 aromatic rings. The van der Waals surface area contributed by atoms with Crippen LogP contribution in [-0.4, -0.2) is 16.2 Å². The average Bonchev–Trinajstić information content (AvgIpc) is 2.42. The summed E-state index contributed by atoms with van der Waals surface area (Å²) in [6.45, 7) is 6.77. The first-order valence-electron chi connectivity index (χ1n) is 5.06. The van der Waals surface area contributed by atoms with Crippen LogP contribution in [0.3, 0.4) is 0 Å². The Bertz CT molecular complexity index is 500. The zero-order valence-electron chi connectivity index (χ0n) is 9.71. The maximum absolute atomic E-state index is 11.6. The summed E-state index contributed by atoms with van der Waals surface area (Å²) in [4.78, 5) is 11.6. The molecule has 0 unspecified atom stereocenters. The van der Waals surface area contributed by atoms with Crippen LogP contribution in [0.1, 0.15) is 39.5 Å². The number of rotatable bonds is 0. The van der Waals surface area contributed by atoms with Crippen molar-refractivity contribution in [3.63, 3.8) is 0 Å². The molecule has 0 saturated heterocycles. The van der Waals surface area contributed by atoms with Crippen molar-refractivity contribution in [2.45, 2.75) is 33.5 Å². The number of fused-ring (bicyclic) bond motifs is 1. The number of phenolic OH excluding ortho intramolecular Hbond substituents is 1. The highest BCUT2D eigenvalue weighted by atomic mass is 16.7. The number of ether oxygens (including phenoxy) is 1. The van der Waals surface area contributed by atoms with Gasteiger partial charge in [0, 0.05) is 12.5 Å². The molecule has 0 aromatic heterocycles. The van der Waals surface area contributed by atoms with Crippen LogP contribution < -0.4 is 0 Å². The first-order chi connectivity index (χ1) is 7.27. The van der Waals surface area contributed by atoms with E-state index in [0.717, 1.165) is 11.1 Å². The van der Waals surface area contributed by atoms with Crippen molar-refractivity contribution in [1.29, 1.82) is 0 Å². The van der Waals surface area contributed by atoms with Crippen LogP contribution >= 0.6 is 0 Å². The van der Waals surface area contributed by atoms with E-state index in [1.807, 2.05) is 6.92 Å². The fourth-order valence-corrected chi connectivity index (χ4v) is 2.20. The van der Waals surface area contributed by atoms with Crippen LogP contribution in [0.4, 0.5) is 0 Å². The number of aliphatic hydroxyl groups is 1. The number of aromatic hydroxyl groups is 1. The normalized spacial score (nSPS) is 23.2. The van der Waals surface area contributed by atoms with Gasteiger partial charge < -0.3 is 14.9 Å². The number of cyclic esters (lactones) is 1. The molecule has 1 heterocycles. The maximum atomic E-state index is 11.6. The van der Waals surface area contributed by atoms with Gasteiger partial charge in [-0.25, -0.2) is 4.79 Å². The number of benzene rings is 1. The second-order valence-electron chi connectivity index (χ2n) is 4.35. The largest absolute Gasteiger partial charge is 0.507 e. The molecule has 4 heteroatoms. The standard InChI is InChI=1S/C12H14O4/c1-5-6(2)9-8(10(13)7(5)3)11(14)16-12(9,4)15/h13,15H,1-4H3/t12-/m0/s1. The Labute approximate surface area is 93.5 Å². The van der Waals surface area contributed by atoms with Crippen molar-refractivity contribution in [3.05, 3.63) is 27.8 Å². The Morgan fingerprint density at radius 1 is 1.12 bits per heavy atom. The lowest BCUT2D eigenvalue weighted by atomic mass is 9.90. The third kappa shape index (κ3) is 1.16. The molecule has 2 rings (SSSR count). The van der Waals surface area contributed by atoms with Gasteiger partial charge in [0.15, 0.2) is 0 Å². The molecule has 1 atom stereocenters. The van der Waals surface area contributed by atoms with Crippen LogP contribution in [0, 0.1) is 20.8 Å². The zero-order chi connectivity index (χ0) is 12.2. The van der Waals surface area contributed by atoms with Crippen molar-refractivity contribution < 1.29 is 19.7 Å². The van der Waals surface area contributed by atoms with Crippen molar-refractivity contribution in [3.8, 4) is 5.75 Å². The van der Waals surface area contributed by atoms with Crippen LogP contribution in [0.5, 0.6) is 5.75 Å². The molecule has 1 aromatic carbocycles. The van der Waals surface area contributed by atoms with E-state index in [0.29, 0.717) is 11.1 Å². The molecular formula is C12H14O4. The van der Waals surface area contributed by atoms with Crippen molar-refractivity contribution >= 4 is 5.97 Å². The molecule has 0 bridgehead atoms. The number of phenols is 1. The monoisotopic (exact) mass is 222 g/mol. The van der Waals surface area contributed by atoms with E-state index in [1.54, 1.807) is 13.8 Å². The zero-order valence-corrected chi connectivity index (χ0v) is 9.71. The minimum atomic E-state index is -1.65. The Hall–Kier alpha value is -1.55. The second-order valence-corrected chi connectivity index (χ2v) is 4.35. The third-order valence-electron chi connectivity index (χ3n) is 3.30. The third-order valence-corrected chi connectivity index (χ3v) is 3.30. The molecule has 0 aliphatic carbocycles. The summed E-state index contributed by atoms with van der Waals surface area (Å²) in [7, 11) is 0. The van der Waals surface area contributed by atoms with Crippen LogP contribution in [0.2, 0.25) is 0 Å². The van der Waals surface area contributed by atoms with E-state index >= 15 is 0 Å². The number of carbonyl (C=O) groups is 1. The molecule has 0 saturated carbocycles. The lowest BCUT2D eigenvalue weighted by Crippen LogP contribution is -2.21. The van der Waals surface area contributed by atoms with Gasteiger partial charge in [0.05, 0.1) is 0 Å². The molecule has 16 heavy (non-hydrogen) atoms. The number of hydrogen-bond acceptors (Lipinski definition) is 4. The van der Waals surface area contributed by atoms with E-state index in [2.05, 4.69) is 0 Å². The number of carbonyl (C=O) groups excluding carboxylic acids is 1. The molecule has 0 amide bonds. The van der Waals surface area contributed by atoms with Gasteiger partial charge >= 0.3 is 5.97 Å². The predicted octanol–water partition coefficient (Wildman–Crippen LogP) is 1.65. The topological polar surface area (TPSA) is 66.8 Å². The summed E-state index contributed by atoms with van der Waals surface area (Å²) >= 11 is 0. The van der Waals surface area contributed by atoms with E-state index in [-0.39, 0.29) is 11.3 Å². The van der Waals surface area contributed by atoms with Crippen LogP contribution in [0.15, 0.2) is 0 Å². The fourth-order valence-electron chi connectivity index (χ4n) is 2.20. The minimum Gasteiger partial charge on any atom is -0.507 e. The molecule has 0 fully saturated rings. The average molecular weight is 222 g/mol. The van der Waals surface area contributed by atoms with Crippen molar-refractivity contribution in [2.24, 2.45) is 0 Å². The second kappa shape index (κ2) is 2.98. The van der Waals surface area contributed by atoms with Crippen molar-refractivity contribution in [2.75, 3.05) is 0 Å². The summed E-state index contributed by atoms with van der Waals surface area (Å²) in [6, 6.07) is 0. The highest BCUT2D eigenvalue weighted by Crippen LogP contribution is 2.43. The Morgan fingerprint density at radius 3 is 2.25 bits per heavy atom. The summed E-state index contributed by atoms with van der Waals surface area (Å²) < 4.78 is 4.85. The van der Waals surface area contributed by atoms with Gasteiger partial charge in [0.2, 0.25) is 5.79 Å². The summed E-state index contributed by atoms with van der Waals surface area (Å²) in [5.41, 5.74) is 2.74. The van der Waals surface area contributed by atoms with Gasteiger partial charge in [-0.1, -0.05) is 0 Å². The van der Waals surface area contributed by atoms with Gasteiger partial charge in [-0.2, -0.15) is 0 Å². The van der Waals surface area contributed by atoms with Crippen LogP contribution in [0.25, 0.3) is 0 Å². The molecule has 2 N–H and O–H groups in total. The first-order valence-corrected chi connectivity index (χ1v) is 5.06. The summed E-state index contributed by atoms with van der Waals surface area (Å²) in [6.07, 6.45) is 0. The highest BCUT2D eigenvalue weighted by Gasteiger charge is 2.44. The number of esters is 1. The van der Waals surface area contributed by atoms with Crippen LogP contribution in [-0.2, 0) is 10.5 Å². The smallest absolute Gasteiger partial charge is 0.345 e. The fraction of sp³-hybridized carbons (Fsp3) is 0.417. The van der Waals surface area contributed by atoms with Gasteiger partial charge in [0.1, 0.15) is 11.3 Å². The maximum Gasteiger partial charge on any atom is 0.345 e. The lowest BCUT2D eigenvalue weighted by Gasteiger charge is -2.20. The highest BCUT2D eigenvalue weighted by molar-refractivity contribution is 5.98. The van der Waals surface area contributed by atoms with Gasteiger partial charge in [0.25, 0.3) is 0 Å². The van der Waals surface area contributed by atoms with Gasteiger partial charge in [-0.3, -0.25) is 0 Å². The van der Waals surface area contributed by atoms with Gasteiger partial charge in [-0.15, -0.1) is 0 Å². The van der Waals surface area contributed by atoms with E-state index in [1.165, 1.54) is 6.92 Å². The molecule has 1 aliphatic rings. The molecule has 86 valence electrons. The molecule has 4 nitrogen and oxygen atoms in total. The molecule has 0 spiro atoms. The Balaban J connectivity index is 2.91. The van der Waals surface area contributed by atoms with E-state index < -0.39 is 11.8 Å². The quantitative estimate of drug-likeness (QED) is 0.655. The van der Waals surface area contributed by atoms with Crippen molar-refractivity contribution in [1.82, 2.24) is 0 Å². The Kier molecular flexibility index (Phi) is 2.04. The molecule has 1 aliphatic heterocycles. The summed E-state index contributed by atoms with van der Waals surface area (Å²) in [5, 5.41) is 19.9. The summed E-state index contributed by atoms with van der Waals surface area (Å²) in [5.74, 6) is -2.42. The SMILES string of the molecule is Cc1c(C)c(O)c2c(c1C)[C@@](C)(O)OC2=O. The van der Waals surface area contributed by atoms with Gasteiger partial charge in [-0.05, 0) is 37.5 Å². The number of hydrogen-bond donors (Lipinski definition) is 2. The predicted molar refractivity (Wildman–Crippen MR) is 57.3 cm³/mol. The molecule has 0 radical (unpaired) electrons. The van der Waals surface area contributed by atoms with E-state index in [4.69, 9.17) is 4.74 Å².